The van der Waals surface area contributed by atoms with Gasteiger partial charge in [0.1, 0.15) is 36.4 Å². The first kappa shape index (κ1) is 14.9. The molecule has 2 aromatic carbocycles. The van der Waals surface area contributed by atoms with Gasteiger partial charge in [0, 0.05) is 29.3 Å². The minimum atomic E-state index is -0.764. The van der Waals surface area contributed by atoms with E-state index in [-0.39, 0.29) is 24.5 Å². The van der Waals surface area contributed by atoms with Crippen LogP contribution in [-0.4, -0.2) is 11.7 Å². The fourth-order valence-electron chi connectivity index (χ4n) is 1.66. The lowest BCUT2D eigenvalue weighted by atomic mass is 10.1. The maximum absolute atomic E-state index is 13.8. The lowest BCUT2D eigenvalue weighted by molar-refractivity contribution is 0.296. The van der Waals surface area contributed by atoms with E-state index in [1.165, 1.54) is 12.1 Å². The summed E-state index contributed by atoms with van der Waals surface area (Å²) in [5.41, 5.74) is 0.649. The summed E-state index contributed by atoms with van der Waals surface area (Å²) in [5, 5.41) is 8.56. The second kappa shape index (κ2) is 6.82. The quantitative estimate of drug-likeness (QED) is 0.881. The van der Waals surface area contributed by atoms with Crippen molar-refractivity contribution in [3.05, 3.63) is 65.0 Å². The van der Waals surface area contributed by atoms with Crippen molar-refractivity contribution < 1.29 is 23.0 Å². The molecule has 0 atom stereocenters. The van der Waals surface area contributed by atoms with Gasteiger partial charge < -0.3 is 9.84 Å². The average molecular weight is 292 g/mol. The molecule has 0 radical (unpaired) electrons. The Kier molecular flexibility index (Phi) is 4.85. The number of ether oxygens (including phenoxy) is 1. The van der Waals surface area contributed by atoms with Gasteiger partial charge in [-0.15, -0.1) is 0 Å². The molecule has 0 saturated heterocycles. The van der Waals surface area contributed by atoms with Crippen LogP contribution in [0, 0.1) is 29.3 Å². The second-order valence-corrected chi connectivity index (χ2v) is 4.16. The average Bonchev–Trinajstić information content (AvgIpc) is 2.43. The zero-order valence-electron chi connectivity index (χ0n) is 10.9. The Balaban J connectivity index is 2.09. The van der Waals surface area contributed by atoms with Gasteiger partial charge in [-0.1, -0.05) is 17.9 Å². The molecular weight excluding hydrogens is 281 g/mol. The topological polar surface area (TPSA) is 29.5 Å². The van der Waals surface area contributed by atoms with E-state index in [0.29, 0.717) is 5.56 Å². The largest absolute Gasteiger partial charge is 0.489 e. The molecule has 2 aromatic rings. The van der Waals surface area contributed by atoms with Gasteiger partial charge >= 0.3 is 0 Å². The standard InChI is InChI=1S/C16H11F3O2/c17-13-7-14(18)9-15(8-13)21-10-12-4-3-11(2-1-5-20)6-16(12)19/h3-4,6-9,20H,5,10H2. The Hall–Kier alpha value is -2.45. The summed E-state index contributed by atoms with van der Waals surface area (Å²) in [7, 11) is 0. The highest BCUT2D eigenvalue weighted by Crippen LogP contribution is 2.18. The number of rotatable bonds is 3. The molecule has 1 N–H and O–H groups in total. The Labute approximate surface area is 119 Å². The van der Waals surface area contributed by atoms with Crippen molar-refractivity contribution in [2.24, 2.45) is 0 Å². The minimum Gasteiger partial charge on any atom is -0.489 e. The number of hydrogen-bond acceptors (Lipinski definition) is 2. The monoisotopic (exact) mass is 292 g/mol. The molecule has 0 aliphatic carbocycles. The summed E-state index contributed by atoms with van der Waals surface area (Å²) < 4.78 is 44.9. The predicted molar refractivity (Wildman–Crippen MR) is 71.1 cm³/mol. The number of halogens is 3. The third-order valence-corrected chi connectivity index (χ3v) is 2.60. The molecule has 0 bridgehead atoms. The van der Waals surface area contributed by atoms with Crippen LogP contribution in [0.4, 0.5) is 13.2 Å². The summed E-state index contributed by atoms with van der Waals surface area (Å²) in [4.78, 5) is 0. The third kappa shape index (κ3) is 4.26. The highest BCUT2D eigenvalue weighted by atomic mass is 19.1. The van der Waals surface area contributed by atoms with Crippen LogP contribution < -0.4 is 4.74 Å². The molecule has 2 rings (SSSR count). The van der Waals surface area contributed by atoms with Crippen molar-refractivity contribution in [3.63, 3.8) is 0 Å². The minimum absolute atomic E-state index is 0.0175. The summed E-state index contributed by atoms with van der Waals surface area (Å²) in [6, 6.07) is 6.99. The maximum Gasteiger partial charge on any atom is 0.131 e. The van der Waals surface area contributed by atoms with Crippen LogP contribution in [-0.2, 0) is 6.61 Å². The molecule has 0 aliphatic heterocycles. The molecule has 108 valence electrons. The van der Waals surface area contributed by atoms with Crippen LogP contribution in [0.5, 0.6) is 5.75 Å². The van der Waals surface area contributed by atoms with Crippen molar-refractivity contribution >= 4 is 0 Å². The first-order valence-electron chi connectivity index (χ1n) is 6.05. The Morgan fingerprint density at radius 1 is 1.00 bits per heavy atom. The van der Waals surface area contributed by atoms with Gasteiger partial charge in [0.05, 0.1) is 0 Å². The predicted octanol–water partition coefficient (Wildman–Crippen LogP) is 3.03. The Morgan fingerprint density at radius 2 is 1.71 bits per heavy atom. The highest BCUT2D eigenvalue weighted by Gasteiger charge is 2.06. The normalized spacial score (nSPS) is 9.90. The van der Waals surface area contributed by atoms with Crippen LogP contribution in [0.2, 0.25) is 0 Å². The molecule has 21 heavy (non-hydrogen) atoms. The molecule has 0 saturated carbocycles. The zero-order chi connectivity index (χ0) is 15.2. The van der Waals surface area contributed by atoms with E-state index in [4.69, 9.17) is 9.84 Å². The van der Waals surface area contributed by atoms with Crippen LogP contribution >= 0.6 is 0 Å². The van der Waals surface area contributed by atoms with Crippen LogP contribution in [0.3, 0.4) is 0 Å². The summed E-state index contributed by atoms with van der Waals surface area (Å²) >= 11 is 0. The molecule has 5 heteroatoms. The number of aliphatic hydroxyl groups is 1. The van der Waals surface area contributed by atoms with E-state index in [2.05, 4.69) is 11.8 Å². The van der Waals surface area contributed by atoms with Gasteiger partial charge in [0.15, 0.2) is 0 Å². The Morgan fingerprint density at radius 3 is 2.33 bits per heavy atom. The number of hydrogen-bond donors (Lipinski definition) is 1. The van der Waals surface area contributed by atoms with Crippen LogP contribution in [0.15, 0.2) is 36.4 Å². The van der Waals surface area contributed by atoms with Gasteiger partial charge in [-0.3, -0.25) is 0 Å². The lowest BCUT2D eigenvalue weighted by Gasteiger charge is -2.08. The van der Waals surface area contributed by atoms with Gasteiger partial charge in [-0.05, 0) is 12.1 Å². The Bertz CT molecular complexity index is 682. The molecule has 2 nitrogen and oxygen atoms in total. The van der Waals surface area contributed by atoms with E-state index < -0.39 is 17.5 Å². The first-order chi connectivity index (χ1) is 10.1. The van der Waals surface area contributed by atoms with E-state index in [1.54, 1.807) is 6.07 Å². The summed E-state index contributed by atoms with van der Waals surface area (Å²) in [5.74, 6) is 2.89. The van der Waals surface area contributed by atoms with E-state index >= 15 is 0 Å². The highest BCUT2D eigenvalue weighted by molar-refractivity contribution is 5.37. The van der Waals surface area contributed by atoms with Crippen molar-refractivity contribution in [2.45, 2.75) is 6.61 Å². The molecule has 0 aromatic heterocycles. The SMILES string of the molecule is OCC#Cc1ccc(COc2cc(F)cc(F)c2)c(F)c1. The van der Waals surface area contributed by atoms with Gasteiger partial charge in [-0.25, -0.2) is 13.2 Å². The lowest BCUT2D eigenvalue weighted by Crippen LogP contribution is -1.99. The zero-order valence-corrected chi connectivity index (χ0v) is 10.9. The van der Waals surface area contributed by atoms with Gasteiger partial charge in [-0.2, -0.15) is 0 Å². The van der Waals surface area contributed by atoms with Crippen LogP contribution in [0.25, 0.3) is 0 Å². The van der Waals surface area contributed by atoms with Crippen molar-refractivity contribution in [3.8, 4) is 17.6 Å². The molecule has 0 amide bonds. The first-order valence-corrected chi connectivity index (χ1v) is 6.05. The smallest absolute Gasteiger partial charge is 0.131 e. The molecule has 0 spiro atoms. The maximum atomic E-state index is 13.8. The van der Waals surface area contributed by atoms with Crippen molar-refractivity contribution in [1.82, 2.24) is 0 Å². The third-order valence-electron chi connectivity index (χ3n) is 2.60. The van der Waals surface area contributed by atoms with E-state index in [0.717, 1.165) is 18.2 Å². The molecular formula is C16H11F3O2. The second-order valence-electron chi connectivity index (χ2n) is 4.16. The van der Waals surface area contributed by atoms with Crippen molar-refractivity contribution in [2.75, 3.05) is 6.61 Å². The summed E-state index contributed by atoms with van der Waals surface area (Å²) in [6.45, 7) is -0.472. The molecule has 0 heterocycles. The van der Waals surface area contributed by atoms with E-state index in [1.807, 2.05) is 0 Å². The molecule has 0 fully saturated rings. The molecule has 0 aliphatic rings. The van der Waals surface area contributed by atoms with Crippen molar-refractivity contribution in [1.29, 1.82) is 0 Å². The summed E-state index contributed by atoms with van der Waals surface area (Å²) in [6.07, 6.45) is 0. The van der Waals surface area contributed by atoms with Crippen LogP contribution in [0.1, 0.15) is 11.1 Å². The number of aliphatic hydroxyl groups excluding tert-OH is 1. The molecule has 0 unspecified atom stereocenters. The van der Waals surface area contributed by atoms with Gasteiger partial charge in [0.25, 0.3) is 0 Å². The fourth-order valence-corrected chi connectivity index (χ4v) is 1.66. The van der Waals surface area contributed by atoms with E-state index in [9.17, 15) is 13.2 Å². The fraction of sp³-hybridized carbons (Fsp3) is 0.125. The van der Waals surface area contributed by atoms with Gasteiger partial charge in [0.2, 0.25) is 0 Å². The number of benzene rings is 2.